The van der Waals surface area contributed by atoms with Gasteiger partial charge in [0.15, 0.2) is 0 Å². The lowest BCUT2D eigenvalue weighted by Crippen LogP contribution is -2.19. The van der Waals surface area contributed by atoms with Crippen LogP contribution in [0.4, 0.5) is 0 Å². The molecule has 0 aliphatic heterocycles. The van der Waals surface area contributed by atoms with E-state index >= 15 is 0 Å². The Morgan fingerprint density at radius 1 is 1.47 bits per heavy atom. The molecule has 0 radical (unpaired) electrons. The van der Waals surface area contributed by atoms with E-state index in [4.69, 9.17) is 4.42 Å². The van der Waals surface area contributed by atoms with Crippen LogP contribution in [0, 0.1) is 6.92 Å². The first-order chi connectivity index (χ1) is 8.08. The van der Waals surface area contributed by atoms with Gasteiger partial charge >= 0.3 is 0 Å². The first kappa shape index (κ1) is 12.4. The minimum atomic E-state index is 0.795. The highest BCUT2D eigenvalue weighted by Crippen LogP contribution is 2.21. The highest BCUT2D eigenvalue weighted by molar-refractivity contribution is 9.10. The standard InChI is InChI=1S/C12H16BrN3O/c1-9-12(13)11(16(3)14-9)8-15(2)7-10-5-4-6-17-10/h4-6H,7-8H2,1-3H3. The van der Waals surface area contributed by atoms with Gasteiger partial charge < -0.3 is 4.42 Å². The van der Waals surface area contributed by atoms with Crippen molar-refractivity contribution in [3.63, 3.8) is 0 Å². The summed E-state index contributed by atoms with van der Waals surface area (Å²) < 4.78 is 8.34. The van der Waals surface area contributed by atoms with Crippen LogP contribution in [0.3, 0.4) is 0 Å². The van der Waals surface area contributed by atoms with Crippen LogP contribution in [-0.2, 0) is 20.1 Å². The van der Waals surface area contributed by atoms with Crippen LogP contribution in [-0.4, -0.2) is 21.7 Å². The van der Waals surface area contributed by atoms with E-state index in [1.165, 1.54) is 5.69 Å². The molecule has 0 saturated heterocycles. The fraction of sp³-hybridized carbons (Fsp3) is 0.417. The topological polar surface area (TPSA) is 34.2 Å². The smallest absolute Gasteiger partial charge is 0.117 e. The monoisotopic (exact) mass is 297 g/mol. The molecule has 92 valence electrons. The van der Waals surface area contributed by atoms with Crippen molar-refractivity contribution in [1.29, 1.82) is 0 Å². The maximum absolute atomic E-state index is 5.33. The minimum Gasteiger partial charge on any atom is -0.468 e. The van der Waals surface area contributed by atoms with E-state index in [1.54, 1.807) is 6.26 Å². The van der Waals surface area contributed by atoms with Gasteiger partial charge in [0.25, 0.3) is 0 Å². The van der Waals surface area contributed by atoms with Crippen molar-refractivity contribution in [2.75, 3.05) is 7.05 Å². The first-order valence-electron chi connectivity index (χ1n) is 5.47. The third-order valence-corrected chi connectivity index (χ3v) is 3.72. The molecular weight excluding hydrogens is 282 g/mol. The van der Waals surface area contributed by atoms with Gasteiger partial charge in [-0.15, -0.1) is 0 Å². The fourth-order valence-electron chi connectivity index (χ4n) is 1.83. The van der Waals surface area contributed by atoms with Gasteiger partial charge in [0.05, 0.1) is 28.7 Å². The summed E-state index contributed by atoms with van der Waals surface area (Å²) in [6.45, 7) is 3.63. The molecule has 0 unspecified atom stereocenters. The van der Waals surface area contributed by atoms with Gasteiger partial charge in [-0.2, -0.15) is 5.10 Å². The van der Waals surface area contributed by atoms with Gasteiger partial charge in [-0.3, -0.25) is 9.58 Å². The molecule has 0 amide bonds. The van der Waals surface area contributed by atoms with Crippen molar-refractivity contribution in [1.82, 2.24) is 14.7 Å². The van der Waals surface area contributed by atoms with E-state index in [0.29, 0.717) is 0 Å². The summed E-state index contributed by atoms with van der Waals surface area (Å²) in [6, 6.07) is 3.90. The van der Waals surface area contributed by atoms with Crippen LogP contribution in [0.5, 0.6) is 0 Å². The summed E-state index contributed by atoms with van der Waals surface area (Å²) >= 11 is 3.57. The van der Waals surface area contributed by atoms with Crippen molar-refractivity contribution in [3.05, 3.63) is 40.0 Å². The van der Waals surface area contributed by atoms with Crippen molar-refractivity contribution in [2.45, 2.75) is 20.0 Å². The molecule has 0 aliphatic carbocycles. The first-order valence-corrected chi connectivity index (χ1v) is 6.26. The highest BCUT2D eigenvalue weighted by Gasteiger charge is 2.13. The Balaban J connectivity index is 2.05. The molecule has 2 aromatic rings. The molecule has 17 heavy (non-hydrogen) atoms. The molecule has 0 saturated carbocycles. The van der Waals surface area contributed by atoms with E-state index in [2.05, 4.69) is 33.0 Å². The molecular formula is C12H16BrN3O. The second kappa shape index (κ2) is 5.06. The van der Waals surface area contributed by atoms with Crippen LogP contribution < -0.4 is 0 Å². The number of hydrogen-bond acceptors (Lipinski definition) is 3. The van der Waals surface area contributed by atoms with Gasteiger partial charge in [0, 0.05) is 13.6 Å². The number of nitrogens with zero attached hydrogens (tertiary/aromatic N) is 3. The predicted octanol–water partition coefficient (Wildman–Crippen LogP) is 2.72. The number of aromatic nitrogens is 2. The fourth-order valence-corrected chi connectivity index (χ4v) is 2.29. The Bertz CT molecular complexity index is 490. The van der Waals surface area contributed by atoms with Gasteiger partial charge in [-0.05, 0) is 42.0 Å². The van der Waals surface area contributed by atoms with E-state index in [-0.39, 0.29) is 0 Å². The minimum absolute atomic E-state index is 0.795. The Kier molecular flexibility index (Phi) is 3.69. The van der Waals surface area contributed by atoms with E-state index in [9.17, 15) is 0 Å². The molecule has 5 heteroatoms. The van der Waals surface area contributed by atoms with E-state index < -0.39 is 0 Å². The van der Waals surface area contributed by atoms with Crippen molar-refractivity contribution < 1.29 is 4.42 Å². The van der Waals surface area contributed by atoms with E-state index in [0.717, 1.165) is 29.0 Å². The molecule has 0 fully saturated rings. The highest BCUT2D eigenvalue weighted by atomic mass is 79.9. The van der Waals surface area contributed by atoms with Crippen LogP contribution in [0.15, 0.2) is 27.3 Å². The average Bonchev–Trinajstić information content (AvgIpc) is 2.83. The number of hydrogen-bond donors (Lipinski definition) is 0. The van der Waals surface area contributed by atoms with Crippen LogP contribution >= 0.6 is 15.9 Å². The zero-order valence-electron chi connectivity index (χ0n) is 10.3. The summed E-state index contributed by atoms with van der Waals surface area (Å²) in [4.78, 5) is 2.19. The van der Waals surface area contributed by atoms with E-state index in [1.807, 2.05) is 30.8 Å². The van der Waals surface area contributed by atoms with Crippen molar-refractivity contribution in [3.8, 4) is 0 Å². The lowest BCUT2D eigenvalue weighted by Gasteiger charge is -2.15. The molecule has 4 nitrogen and oxygen atoms in total. The lowest BCUT2D eigenvalue weighted by molar-refractivity contribution is 0.280. The Morgan fingerprint density at radius 3 is 2.76 bits per heavy atom. The van der Waals surface area contributed by atoms with Gasteiger partial charge in [-0.1, -0.05) is 0 Å². The SMILES string of the molecule is Cc1nn(C)c(CN(C)Cc2ccco2)c1Br. The zero-order chi connectivity index (χ0) is 12.4. The Morgan fingerprint density at radius 2 is 2.24 bits per heavy atom. The molecule has 0 spiro atoms. The van der Waals surface area contributed by atoms with Crippen LogP contribution in [0.25, 0.3) is 0 Å². The second-order valence-electron chi connectivity index (χ2n) is 4.22. The molecule has 0 aliphatic rings. The number of aryl methyl sites for hydroxylation is 2. The second-order valence-corrected chi connectivity index (χ2v) is 5.01. The molecule has 0 N–H and O–H groups in total. The third-order valence-electron chi connectivity index (χ3n) is 2.69. The third kappa shape index (κ3) is 2.79. The maximum Gasteiger partial charge on any atom is 0.117 e. The molecule has 2 heterocycles. The Labute approximate surface area is 109 Å². The van der Waals surface area contributed by atoms with Gasteiger partial charge in [0.2, 0.25) is 0 Å². The van der Waals surface area contributed by atoms with Gasteiger partial charge in [0.1, 0.15) is 5.76 Å². The van der Waals surface area contributed by atoms with Crippen LogP contribution in [0.1, 0.15) is 17.1 Å². The van der Waals surface area contributed by atoms with Gasteiger partial charge in [-0.25, -0.2) is 0 Å². The number of halogens is 1. The van der Waals surface area contributed by atoms with Crippen molar-refractivity contribution >= 4 is 15.9 Å². The Hall–Kier alpha value is -1.07. The molecule has 0 aromatic carbocycles. The average molecular weight is 298 g/mol. The summed E-state index contributed by atoms with van der Waals surface area (Å²) in [5, 5.41) is 4.38. The lowest BCUT2D eigenvalue weighted by atomic mass is 10.3. The molecule has 2 aromatic heterocycles. The summed E-state index contributed by atoms with van der Waals surface area (Å²) in [5.41, 5.74) is 2.20. The summed E-state index contributed by atoms with van der Waals surface area (Å²) in [5.74, 6) is 0.975. The summed E-state index contributed by atoms with van der Waals surface area (Å²) in [6.07, 6.45) is 1.70. The molecule has 0 bridgehead atoms. The predicted molar refractivity (Wildman–Crippen MR) is 69.5 cm³/mol. The largest absolute Gasteiger partial charge is 0.468 e. The van der Waals surface area contributed by atoms with Crippen molar-refractivity contribution in [2.24, 2.45) is 7.05 Å². The maximum atomic E-state index is 5.33. The molecule has 2 rings (SSSR count). The quantitative estimate of drug-likeness (QED) is 0.870. The normalized spacial score (nSPS) is 11.4. The number of furan rings is 1. The molecule has 0 atom stereocenters. The summed E-state index contributed by atoms with van der Waals surface area (Å²) in [7, 11) is 4.03. The van der Waals surface area contributed by atoms with Crippen LogP contribution in [0.2, 0.25) is 0 Å². The zero-order valence-corrected chi connectivity index (χ0v) is 11.9. The number of rotatable bonds is 4.